The normalized spacial score (nSPS) is 11.9. The SMILES string of the molecule is CC(CNC(=O)Cc1ccc(-n2cccn2)cc1)CC(=O)O. The Balaban J connectivity index is 1.83. The Morgan fingerprint density at radius 1 is 1.32 bits per heavy atom. The van der Waals surface area contributed by atoms with Crippen LogP contribution < -0.4 is 5.32 Å². The van der Waals surface area contributed by atoms with Gasteiger partial charge in [0.15, 0.2) is 0 Å². The molecule has 0 spiro atoms. The number of aliphatic carboxylic acids is 1. The quantitative estimate of drug-likeness (QED) is 0.814. The van der Waals surface area contributed by atoms with Gasteiger partial charge < -0.3 is 10.4 Å². The highest BCUT2D eigenvalue weighted by molar-refractivity contribution is 5.78. The van der Waals surface area contributed by atoms with Crippen LogP contribution in [-0.4, -0.2) is 33.3 Å². The third-order valence-electron chi connectivity index (χ3n) is 3.24. The van der Waals surface area contributed by atoms with Crippen LogP contribution in [0.4, 0.5) is 0 Å². The number of carbonyl (C=O) groups is 2. The maximum Gasteiger partial charge on any atom is 0.303 e. The van der Waals surface area contributed by atoms with Crippen LogP contribution in [0.1, 0.15) is 18.9 Å². The predicted octanol–water partition coefficient (Wildman–Crippen LogP) is 1.64. The van der Waals surface area contributed by atoms with Crippen molar-refractivity contribution >= 4 is 11.9 Å². The number of carbonyl (C=O) groups excluding carboxylic acids is 1. The molecule has 0 saturated carbocycles. The molecule has 1 aromatic heterocycles. The second-order valence-electron chi connectivity index (χ2n) is 5.30. The summed E-state index contributed by atoms with van der Waals surface area (Å²) in [5.41, 5.74) is 1.84. The first-order valence-corrected chi connectivity index (χ1v) is 7.12. The summed E-state index contributed by atoms with van der Waals surface area (Å²) in [6, 6.07) is 9.43. The number of amides is 1. The molecule has 2 aromatic rings. The van der Waals surface area contributed by atoms with E-state index in [-0.39, 0.29) is 24.7 Å². The Labute approximate surface area is 128 Å². The fourth-order valence-corrected chi connectivity index (χ4v) is 2.09. The zero-order valence-electron chi connectivity index (χ0n) is 12.4. The molecule has 0 bridgehead atoms. The first-order valence-electron chi connectivity index (χ1n) is 7.12. The van der Waals surface area contributed by atoms with Gasteiger partial charge in [-0.2, -0.15) is 5.10 Å². The van der Waals surface area contributed by atoms with E-state index in [4.69, 9.17) is 5.11 Å². The third kappa shape index (κ3) is 4.73. The number of hydrogen-bond donors (Lipinski definition) is 2. The van der Waals surface area contributed by atoms with Gasteiger partial charge in [0.1, 0.15) is 0 Å². The Morgan fingerprint density at radius 3 is 2.64 bits per heavy atom. The van der Waals surface area contributed by atoms with E-state index in [0.717, 1.165) is 11.3 Å². The van der Waals surface area contributed by atoms with Crippen molar-refractivity contribution in [3.63, 3.8) is 0 Å². The molecule has 1 atom stereocenters. The average Bonchev–Trinajstić information content (AvgIpc) is 2.99. The van der Waals surface area contributed by atoms with Crippen molar-refractivity contribution < 1.29 is 14.7 Å². The van der Waals surface area contributed by atoms with E-state index < -0.39 is 5.97 Å². The number of hydrogen-bond acceptors (Lipinski definition) is 3. The average molecular weight is 301 g/mol. The van der Waals surface area contributed by atoms with E-state index >= 15 is 0 Å². The molecule has 0 saturated heterocycles. The van der Waals surface area contributed by atoms with E-state index in [9.17, 15) is 9.59 Å². The van der Waals surface area contributed by atoms with Gasteiger partial charge in [0.2, 0.25) is 5.91 Å². The van der Waals surface area contributed by atoms with Crippen molar-refractivity contribution in [3.8, 4) is 5.69 Å². The summed E-state index contributed by atoms with van der Waals surface area (Å²) in [6.45, 7) is 2.17. The topological polar surface area (TPSA) is 84.2 Å². The molecular formula is C16H19N3O3. The Bertz CT molecular complexity index is 621. The molecule has 0 aliphatic carbocycles. The van der Waals surface area contributed by atoms with Gasteiger partial charge in [0.25, 0.3) is 0 Å². The number of nitrogens with one attached hydrogen (secondary N) is 1. The molecule has 116 valence electrons. The van der Waals surface area contributed by atoms with Gasteiger partial charge in [-0.05, 0) is 29.7 Å². The molecule has 0 aliphatic rings. The minimum atomic E-state index is -0.851. The Hall–Kier alpha value is -2.63. The van der Waals surface area contributed by atoms with Gasteiger partial charge in [0.05, 0.1) is 12.1 Å². The number of carboxylic acid groups (broad SMARTS) is 1. The van der Waals surface area contributed by atoms with Crippen LogP contribution in [0.3, 0.4) is 0 Å². The lowest BCUT2D eigenvalue weighted by Crippen LogP contribution is -2.30. The lowest BCUT2D eigenvalue weighted by molar-refractivity contribution is -0.138. The summed E-state index contributed by atoms with van der Waals surface area (Å²) in [6.07, 6.45) is 3.89. The Morgan fingerprint density at radius 2 is 2.05 bits per heavy atom. The van der Waals surface area contributed by atoms with E-state index in [1.165, 1.54) is 0 Å². The van der Waals surface area contributed by atoms with Crippen LogP contribution in [0.2, 0.25) is 0 Å². The summed E-state index contributed by atoms with van der Waals surface area (Å²) < 4.78 is 1.75. The van der Waals surface area contributed by atoms with E-state index in [0.29, 0.717) is 6.54 Å². The number of rotatable bonds is 7. The zero-order valence-corrected chi connectivity index (χ0v) is 12.4. The van der Waals surface area contributed by atoms with Crippen molar-refractivity contribution in [3.05, 3.63) is 48.3 Å². The molecule has 0 aliphatic heterocycles. The number of benzene rings is 1. The minimum absolute atomic E-state index is 0.0544. The lowest BCUT2D eigenvalue weighted by Gasteiger charge is -2.10. The van der Waals surface area contributed by atoms with E-state index in [2.05, 4.69) is 10.4 Å². The molecule has 2 rings (SSSR count). The maximum absolute atomic E-state index is 11.8. The fraction of sp³-hybridized carbons (Fsp3) is 0.312. The first-order chi connectivity index (χ1) is 10.5. The van der Waals surface area contributed by atoms with Crippen LogP contribution in [0, 0.1) is 5.92 Å². The smallest absolute Gasteiger partial charge is 0.303 e. The zero-order chi connectivity index (χ0) is 15.9. The summed E-state index contributed by atoms with van der Waals surface area (Å²) in [7, 11) is 0. The van der Waals surface area contributed by atoms with Gasteiger partial charge in [0, 0.05) is 25.4 Å². The predicted molar refractivity (Wildman–Crippen MR) is 81.7 cm³/mol. The van der Waals surface area contributed by atoms with Gasteiger partial charge in [-0.1, -0.05) is 19.1 Å². The molecule has 1 amide bonds. The minimum Gasteiger partial charge on any atom is -0.481 e. The first kappa shape index (κ1) is 15.8. The summed E-state index contributed by atoms with van der Waals surface area (Å²) >= 11 is 0. The highest BCUT2D eigenvalue weighted by Crippen LogP contribution is 2.09. The molecule has 0 fully saturated rings. The second-order valence-corrected chi connectivity index (χ2v) is 5.30. The van der Waals surface area contributed by atoms with Gasteiger partial charge in [-0.3, -0.25) is 9.59 Å². The van der Waals surface area contributed by atoms with Crippen molar-refractivity contribution in [1.82, 2.24) is 15.1 Å². The van der Waals surface area contributed by atoms with Crippen molar-refractivity contribution in [2.24, 2.45) is 5.92 Å². The second kappa shape index (κ2) is 7.40. The van der Waals surface area contributed by atoms with E-state index in [1.54, 1.807) is 17.8 Å². The van der Waals surface area contributed by atoms with E-state index in [1.807, 2.05) is 36.5 Å². The number of nitrogens with zero attached hydrogens (tertiary/aromatic N) is 2. The van der Waals surface area contributed by atoms with Gasteiger partial charge in [-0.25, -0.2) is 4.68 Å². The monoisotopic (exact) mass is 301 g/mol. The van der Waals surface area contributed by atoms with Crippen LogP contribution in [-0.2, 0) is 16.0 Å². The summed E-state index contributed by atoms with van der Waals surface area (Å²) in [5, 5.41) is 15.6. The largest absolute Gasteiger partial charge is 0.481 e. The maximum atomic E-state index is 11.8. The third-order valence-corrected chi connectivity index (χ3v) is 3.24. The number of aromatic nitrogens is 2. The number of carboxylic acids is 1. The molecule has 1 aromatic carbocycles. The molecule has 2 N–H and O–H groups in total. The standard InChI is InChI=1S/C16H19N3O3/c1-12(9-16(21)22)11-17-15(20)10-13-3-5-14(6-4-13)19-8-2-7-18-19/h2-8,12H,9-11H2,1H3,(H,17,20)(H,21,22). The molecule has 1 heterocycles. The molecule has 6 nitrogen and oxygen atoms in total. The summed E-state index contributed by atoms with van der Waals surface area (Å²) in [5.74, 6) is -1.04. The van der Waals surface area contributed by atoms with Crippen molar-refractivity contribution in [2.45, 2.75) is 19.8 Å². The van der Waals surface area contributed by atoms with Crippen LogP contribution >= 0.6 is 0 Å². The molecular weight excluding hydrogens is 282 g/mol. The molecule has 22 heavy (non-hydrogen) atoms. The summed E-state index contributed by atoms with van der Waals surface area (Å²) in [4.78, 5) is 22.4. The highest BCUT2D eigenvalue weighted by atomic mass is 16.4. The van der Waals surface area contributed by atoms with Crippen LogP contribution in [0.5, 0.6) is 0 Å². The molecule has 1 unspecified atom stereocenters. The van der Waals surface area contributed by atoms with Crippen LogP contribution in [0.25, 0.3) is 5.69 Å². The Kier molecular flexibility index (Phi) is 5.30. The lowest BCUT2D eigenvalue weighted by atomic mass is 10.1. The van der Waals surface area contributed by atoms with Gasteiger partial charge in [-0.15, -0.1) is 0 Å². The molecule has 6 heteroatoms. The van der Waals surface area contributed by atoms with Crippen molar-refractivity contribution in [2.75, 3.05) is 6.54 Å². The fourth-order valence-electron chi connectivity index (χ4n) is 2.09. The van der Waals surface area contributed by atoms with Crippen LogP contribution in [0.15, 0.2) is 42.7 Å². The highest BCUT2D eigenvalue weighted by Gasteiger charge is 2.10. The van der Waals surface area contributed by atoms with Crippen molar-refractivity contribution in [1.29, 1.82) is 0 Å². The van der Waals surface area contributed by atoms with Gasteiger partial charge >= 0.3 is 5.97 Å². The molecule has 0 radical (unpaired) electrons.